The lowest BCUT2D eigenvalue weighted by atomic mass is 10.2. The van der Waals surface area contributed by atoms with E-state index in [1.807, 2.05) is 0 Å². The Hall–Kier alpha value is -0.810. The molecule has 0 atom stereocenters. The third kappa shape index (κ3) is 11.3. The first kappa shape index (κ1) is 15.2. The molecule has 0 aromatic rings. The predicted octanol–water partition coefficient (Wildman–Crippen LogP) is 0.544. The van der Waals surface area contributed by atoms with Crippen LogP contribution in [0, 0.1) is 0 Å². The molecule has 0 aromatic heterocycles. The van der Waals surface area contributed by atoms with Gasteiger partial charge in [-0.2, -0.15) is 0 Å². The summed E-state index contributed by atoms with van der Waals surface area (Å²) < 4.78 is 0. The van der Waals surface area contributed by atoms with Crippen molar-refractivity contribution < 1.29 is 4.79 Å². The minimum atomic E-state index is -0.0733. The molecule has 0 aliphatic rings. The lowest BCUT2D eigenvalue weighted by molar-refractivity contribution is 0.240. The van der Waals surface area contributed by atoms with E-state index < -0.39 is 0 Å². The number of carbonyl (C=O) groups is 1. The molecule has 0 radical (unpaired) electrons. The quantitative estimate of drug-likeness (QED) is 0.413. The smallest absolute Gasteiger partial charge is 0.314 e. The number of unbranched alkanes of at least 4 members (excludes halogenated alkanes) is 4. The Balaban J connectivity index is 3.11. The van der Waals surface area contributed by atoms with Gasteiger partial charge in [0.2, 0.25) is 0 Å². The van der Waals surface area contributed by atoms with Crippen LogP contribution in [0.25, 0.3) is 0 Å². The zero-order valence-electron chi connectivity index (χ0n) is 10.1. The zero-order valence-corrected chi connectivity index (χ0v) is 10.1. The Morgan fingerprint density at radius 2 is 1.19 bits per heavy atom. The van der Waals surface area contributed by atoms with Crippen LogP contribution < -0.4 is 22.1 Å². The van der Waals surface area contributed by atoms with Crippen LogP contribution in [-0.2, 0) is 0 Å². The molecule has 0 aromatic carbocycles. The van der Waals surface area contributed by atoms with E-state index in [2.05, 4.69) is 10.6 Å². The maximum absolute atomic E-state index is 11.2. The highest BCUT2D eigenvalue weighted by atomic mass is 16.2. The van der Waals surface area contributed by atoms with Gasteiger partial charge < -0.3 is 22.1 Å². The van der Waals surface area contributed by atoms with E-state index in [0.29, 0.717) is 13.1 Å². The molecule has 0 spiro atoms. The van der Waals surface area contributed by atoms with E-state index in [0.717, 1.165) is 51.6 Å². The lowest BCUT2D eigenvalue weighted by Gasteiger charge is -2.06. The number of nitrogens with one attached hydrogen (secondary N) is 2. The van der Waals surface area contributed by atoms with Crippen LogP contribution in [0.2, 0.25) is 0 Å². The van der Waals surface area contributed by atoms with E-state index in [1.165, 1.54) is 0 Å². The van der Waals surface area contributed by atoms with Crippen LogP contribution in [0.3, 0.4) is 0 Å². The number of carbonyl (C=O) groups excluding carboxylic acids is 1. The molecule has 0 saturated carbocycles. The summed E-state index contributed by atoms with van der Waals surface area (Å²) in [5, 5.41) is 5.62. The van der Waals surface area contributed by atoms with Crippen molar-refractivity contribution in [2.75, 3.05) is 26.2 Å². The molecule has 2 amide bonds. The number of hydrogen-bond donors (Lipinski definition) is 4. The molecule has 0 rings (SSSR count). The van der Waals surface area contributed by atoms with Gasteiger partial charge in [0.25, 0.3) is 0 Å². The molecule has 0 fully saturated rings. The van der Waals surface area contributed by atoms with Crippen molar-refractivity contribution in [2.45, 2.75) is 38.5 Å². The van der Waals surface area contributed by atoms with Gasteiger partial charge in [0.15, 0.2) is 0 Å². The standard InChI is InChI=1S/C11H26N4O/c12-7-3-1-2-5-9-14-11(16)15-10-6-4-8-13/h1-10,12-13H2,(H2,14,15,16). The van der Waals surface area contributed by atoms with E-state index in [4.69, 9.17) is 11.5 Å². The molecule has 0 unspecified atom stereocenters. The van der Waals surface area contributed by atoms with Crippen molar-refractivity contribution in [3.63, 3.8) is 0 Å². The largest absolute Gasteiger partial charge is 0.338 e. The Morgan fingerprint density at radius 1 is 0.750 bits per heavy atom. The highest BCUT2D eigenvalue weighted by Crippen LogP contribution is 1.96. The van der Waals surface area contributed by atoms with Gasteiger partial charge in [-0.25, -0.2) is 4.79 Å². The molecular formula is C11H26N4O. The molecule has 0 heterocycles. The molecule has 0 bridgehead atoms. The van der Waals surface area contributed by atoms with Gasteiger partial charge >= 0.3 is 6.03 Å². The average molecular weight is 230 g/mol. The van der Waals surface area contributed by atoms with Crippen LogP contribution in [-0.4, -0.2) is 32.2 Å². The first-order chi connectivity index (χ1) is 7.81. The number of urea groups is 1. The second-order valence-corrected chi connectivity index (χ2v) is 3.88. The normalized spacial score (nSPS) is 10.1. The summed E-state index contributed by atoms with van der Waals surface area (Å²) >= 11 is 0. The number of rotatable bonds is 10. The van der Waals surface area contributed by atoms with Crippen molar-refractivity contribution in [1.29, 1.82) is 0 Å². The van der Waals surface area contributed by atoms with Gasteiger partial charge in [0.05, 0.1) is 0 Å². The first-order valence-corrected chi connectivity index (χ1v) is 6.23. The average Bonchev–Trinajstić information content (AvgIpc) is 2.29. The van der Waals surface area contributed by atoms with E-state index in [9.17, 15) is 4.79 Å². The highest BCUT2D eigenvalue weighted by Gasteiger charge is 1.97. The van der Waals surface area contributed by atoms with Gasteiger partial charge in [0, 0.05) is 13.1 Å². The van der Waals surface area contributed by atoms with Gasteiger partial charge in [0.1, 0.15) is 0 Å². The van der Waals surface area contributed by atoms with Crippen molar-refractivity contribution in [2.24, 2.45) is 11.5 Å². The van der Waals surface area contributed by atoms with Gasteiger partial charge in [-0.3, -0.25) is 0 Å². The monoisotopic (exact) mass is 230 g/mol. The SMILES string of the molecule is NCCCCCCNC(=O)NCCCCN. The molecule has 0 saturated heterocycles. The molecule has 6 N–H and O–H groups in total. The van der Waals surface area contributed by atoms with Crippen LogP contribution in [0.5, 0.6) is 0 Å². The molecule has 96 valence electrons. The fourth-order valence-electron chi connectivity index (χ4n) is 1.36. The highest BCUT2D eigenvalue weighted by molar-refractivity contribution is 5.73. The van der Waals surface area contributed by atoms with Crippen molar-refractivity contribution >= 4 is 6.03 Å². The second-order valence-electron chi connectivity index (χ2n) is 3.88. The van der Waals surface area contributed by atoms with Gasteiger partial charge in [-0.05, 0) is 38.8 Å². The Morgan fingerprint density at radius 3 is 1.75 bits per heavy atom. The maximum atomic E-state index is 11.2. The molecular weight excluding hydrogens is 204 g/mol. The summed E-state index contributed by atoms with van der Waals surface area (Å²) in [7, 11) is 0. The van der Waals surface area contributed by atoms with Crippen molar-refractivity contribution in [3.8, 4) is 0 Å². The molecule has 5 heteroatoms. The van der Waals surface area contributed by atoms with Crippen LogP contribution in [0.1, 0.15) is 38.5 Å². The summed E-state index contributed by atoms with van der Waals surface area (Å²) in [6.45, 7) is 2.89. The molecule has 0 aliphatic heterocycles. The van der Waals surface area contributed by atoms with Crippen LogP contribution >= 0.6 is 0 Å². The van der Waals surface area contributed by atoms with Crippen molar-refractivity contribution in [1.82, 2.24) is 10.6 Å². The molecule has 16 heavy (non-hydrogen) atoms. The third-order valence-corrected chi connectivity index (χ3v) is 2.33. The number of amides is 2. The number of hydrogen-bond acceptors (Lipinski definition) is 3. The second kappa shape index (κ2) is 12.3. The summed E-state index contributed by atoms with van der Waals surface area (Å²) in [5.41, 5.74) is 10.7. The zero-order chi connectivity index (χ0) is 12.1. The summed E-state index contributed by atoms with van der Waals surface area (Å²) in [4.78, 5) is 11.2. The Bertz CT molecular complexity index is 164. The van der Waals surface area contributed by atoms with E-state index in [-0.39, 0.29) is 6.03 Å². The van der Waals surface area contributed by atoms with Gasteiger partial charge in [-0.15, -0.1) is 0 Å². The van der Waals surface area contributed by atoms with Crippen molar-refractivity contribution in [3.05, 3.63) is 0 Å². The van der Waals surface area contributed by atoms with Gasteiger partial charge in [-0.1, -0.05) is 12.8 Å². The van der Waals surface area contributed by atoms with Crippen LogP contribution in [0.15, 0.2) is 0 Å². The molecule has 0 aliphatic carbocycles. The minimum absolute atomic E-state index is 0.0733. The minimum Gasteiger partial charge on any atom is -0.338 e. The Kier molecular flexibility index (Phi) is 11.6. The maximum Gasteiger partial charge on any atom is 0.314 e. The summed E-state index contributed by atoms with van der Waals surface area (Å²) in [6.07, 6.45) is 6.28. The summed E-state index contributed by atoms with van der Waals surface area (Å²) in [5.74, 6) is 0. The fraction of sp³-hybridized carbons (Fsp3) is 0.909. The van der Waals surface area contributed by atoms with E-state index in [1.54, 1.807) is 0 Å². The number of nitrogens with two attached hydrogens (primary N) is 2. The summed E-state index contributed by atoms with van der Waals surface area (Å²) in [6, 6.07) is -0.0733. The lowest BCUT2D eigenvalue weighted by Crippen LogP contribution is -2.36. The first-order valence-electron chi connectivity index (χ1n) is 6.23. The predicted molar refractivity (Wildman–Crippen MR) is 67.2 cm³/mol. The topological polar surface area (TPSA) is 93.2 Å². The van der Waals surface area contributed by atoms with E-state index >= 15 is 0 Å². The molecule has 5 nitrogen and oxygen atoms in total. The van der Waals surface area contributed by atoms with Crippen LogP contribution in [0.4, 0.5) is 4.79 Å². The third-order valence-electron chi connectivity index (χ3n) is 2.33. The Labute approximate surface area is 98.3 Å². The fourth-order valence-corrected chi connectivity index (χ4v) is 1.36.